The number of hydrogen-bond donors (Lipinski definition) is 2. The first-order valence-electron chi connectivity index (χ1n) is 7.60. The lowest BCUT2D eigenvalue weighted by atomic mass is 10.1. The molecule has 1 heterocycles. The molecule has 0 aliphatic carbocycles. The number of amides is 2. The molecule has 1 aliphatic heterocycles. The molecular weight excluding hydrogens is 321 g/mol. The van der Waals surface area contributed by atoms with E-state index in [1.807, 2.05) is 4.90 Å². The van der Waals surface area contributed by atoms with Crippen molar-refractivity contribution in [1.29, 1.82) is 0 Å². The number of carbonyl (C=O) groups excluding carboxylic acids is 1. The molecule has 0 unspecified atom stereocenters. The van der Waals surface area contributed by atoms with Crippen LogP contribution in [0.2, 0.25) is 5.02 Å². The largest absolute Gasteiger partial charge is 0.389 e. The van der Waals surface area contributed by atoms with Gasteiger partial charge in [-0.2, -0.15) is 0 Å². The number of urea groups is 1. The Bertz CT molecular complexity index is 577. The van der Waals surface area contributed by atoms with Crippen LogP contribution in [0.25, 0.3) is 0 Å². The highest BCUT2D eigenvalue weighted by molar-refractivity contribution is 6.30. The van der Waals surface area contributed by atoms with Gasteiger partial charge in [-0.3, -0.25) is 0 Å². The molecule has 0 spiro atoms. The van der Waals surface area contributed by atoms with Crippen LogP contribution in [0, 0.1) is 5.82 Å². The molecule has 0 radical (unpaired) electrons. The monoisotopic (exact) mass is 343 g/mol. The molecule has 23 heavy (non-hydrogen) atoms. The fourth-order valence-electron chi connectivity index (χ4n) is 2.73. The molecule has 1 aliphatic rings. The van der Waals surface area contributed by atoms with Crippen molar-refractivity contribution in [3.63, 3.8) is 0 Å². The maximum absolute atomic E-state index is 13.5. The summed E-state index contributed by atoms with van der Waals surface area (Å²) >= 11 is 5.70. The van der Waals surface area contributed by atoms with Crippen molar-refractivity contribution in [2.45, 2.75) is 31.9 Å². The summed E-state index contributed by atoms with van der Waals surface area (Å²) < 4.78 is 13.5. The van der Waals surface area contributed by atoms with Gasteiger partial charge in [0, 0.05) is 31.9 Å². The third kappa shape index (κ3) is 4.97. The van der Waals surface area contributed by atoms with Gasteiger partial charge in [0.05, 0.1) is 17.2 Å². The summed E-state index contributed by atoms with van der Waals surface area (Å²) in [4.78, 5) is 15.6. The molecule has 0 saturated carbocycles. The molecular formula is C16H23ClFN3O2. The molecule has 2 rings (SSSR count). The van der Waals surface area contributed by atoms with Gasteiger partial charge in [-0.05, 0) is 38.5 Å². The summed E-state index contributed by atoms with van der Waals surface area (Å²) in [6, 6.07) is 4.49. The van der Waals surface area contributed by atoms with Crippen molar-refractivity contribution >= 4 is 23.3 Å². The molecule has 128 valence electrons. The quantitative estimate of drug-likeness (QED) is 0.883. The predicted octanol–water partition coefficient (Wildman–Crippen LogP) is 2.47. The Labute approximate surface area is 141 Å². The summed E-state index contributed by atoms with van der Waals surface area (Å²) in [5.41, 5.74) is -0.178. The number of carbonyl (C=O) groups is 1. The summed E-state index contributed by atoms with van der Waals surface area (Å²) in [5, 5.41) is 12.8. The van der Waals surface area contributed by atoms with Crippen LogP contribution in [0.5, 0.6) is 0 Å². The third-order valence-electron chi connectivity index (χ3n) is 3.75. The average Bonchev–Trinajstić information content (AvgIpc) is 2.88. The van der Waals surface area contributed by atoms with Gasteiger partial charge in [-0.25, -0.2) is 9.18 Å². The van der Waals surface area contributed by atoms with E-state index in [2.05, 4.69) is 5.32 Å². The standard InChI is InChI=1S/C16H23ClFN3O2/c1-16(2,23)10-20(3)15(22)19-11-6-7-21(9-11)12-4-5-13(17)14(18)8-12/h4-5,8,11,23H,6-7,9-10H2,1-3H3,(H,19,22)/t11-/m1/s1. The van der Waals surface area contributed by atoms with Crippen LogP contribution in [-0.4, -0.2) is 54.4 Å². The van der Waals surface area contributed by atoms with Gasteiger partial charge < -0.3 is 20.2 Å². The lowest BCUT2D eigenvalue weighted by Gasteiger charge is -2.27. The van der Waals surface area contributed by atoms with Gasteiger partial charge in [0.25, 0.3) is 0 Å². The van der Waals surface area contributed by atoms with Gasteiger partial charge in [0.15, 0.2) is 0 Å². The number of nitrogens with one attached hydrogen (secondary N) is 1. The van der Waals surface area contributed by atoms with Gasteiger partial charge >= 0.3 is 6.03 Å². The Kier molecular flexibility index (Phi) is 5.37. The summed E-state index contributed by atoms with van der Waals surface area (Å²) in [6.07, 6.45) is 0.784. The molecule has 2 N–H and O–H groups in total. The van der Waals surface area contributed by atoms with Crippen LogP contribution in [0.4, 0.5) is 14.9 Å². The van der Waals surface area contributed by atoms with Crippen LogP contribution < -0.4 is 10.2 Å². The fourth-order valence-corrected chi connectivity index (χ4v) is 2.85. The maximum Gasteiger partial charge on any atom is 0.317 e. The number of aliphatic hydroxyl groups is 1. The summed E-state index contributed by atoms with van der Waals surface area (Å²) in [5.74, 6) is -0.443. The van der Waals surface area contributed by atoms with Crippen molar-refractivity contribution in [3.8, 4) is 0 Å². The smallest absolute Gasteiger partial charge is 0.317 e. The van der Waals surface area contributed by atoms with Gasteiger partial charge in [0.1, 0.15) is 5.82 Å². The Balaban J connectivity index is 1.90. The number of anilines is 1. The lowest BCUT2D eigenvalue weighted by Crippen LogP contribution is -2.48. The average molecular weight is 344 g/mol. The first-order chi connectivity index (χ1) is 10.7. The maximum atomic E-state index is 13.5. The number of halogens is 2. The normalized spacial score (nSPS) is 18.2. The first kappa shape index (κ1) is 17.8. The first-order valence-corrected chi connectivity index (χ1v) is 7.97. The van der Waals surface area contributed by atoms with E-state index in [1.165, 1.54) is 17.0 Å². The minimum absolute atomic E-state index is 0.00880. The zero-order valence-electron chi connectivity index (χ0n) is 13.6. The molecule has 0 aromatic heterocycles. The van der Waals surface area contributed by atoms with E-state index in [0.717, 1.165) is 18.7 Å². The highest BCUT2D eigenvalue weighted by Gasteiger charge is 2.27. The van der Waals surface area contributed by atoms with Crippen molar-refractivity contribution < 1.29 is 14.3 Å². The molecule has 1 aromatic rings. The lowest BCUT2D eigenvalue weighted by molar-refractivity contribution is 0.0528. The second kappa shape index (κ2) is 6.93. The Morgan fingerprint density at radius 2 is 2.26 bits per heavy atom. The summed E-state index contributed by atoms with van der Waals surface area (Å²) in [7, 11) is 1.65. The number of likely N-dealkylation sites (N-methyl/N-ethyl adjacent to an activating group) is 1. The van der Waals surface area contributed by atoms with Gasteiger partial charge in [-0.15, -0.1) is 0 Å². The van der Waals surface area contributed by atoms with Crippen molar-refractivity contribution in [1.82, 2.24) is 10.2 Å². The van der Waals surface area contributed by atoms with Gasteiger partial charge in [-0.1, -0.05) is 11.6 Å². The molecule has 7 heteroatoms. The number of benzene rings is 1. The van der Waals surface area contributed by atoms with Crippen LogP contribution in [0.3, 0.4) is 0 Å². The molecule has 1 saturated heterocycles. The van der Waals surface area contributed by atoms with Crippen molar-refractivity contribution in [2.24, 2.45) is 0 Å². The highest BCUT2D eigenvalue weighted by Crippen LogP contribution is 2.25. The SMILES string of the molecule is CN(CC(C)(C)O)C(=O)N[C@@H]1CCN(c2ccc(Cl)c(F)c2)C1. The van der Waals surface area contributed by atoms with E-state index >= 15 is 0 Å². The fraction of sp³-hybridized carbons (Fsp3) is 0.562. The molecule has 1 fully saturated rings. The van der Waals surface area contributed by atoms with E-state index in [1.54, 1.807) is 27.0 Å². The van der Waals surface area contributed by atoms with E-state index in [-0.39, 0.29) is 23.6 Å². The number of rotatable bonds is 4. The molecule has 2 amide bonds. The molecule has 0 bridgehead atoms. The van der Waals surface area contributed by atoms with Crippen LogP contribution in [0.15, 0.2) is 18.2 Å². The number of nitrogens with zero attached hydrogens (tertiary/aromatic N) is 2. The highest BCUT2D eigenvalue weighted by atomic mass is 35.5. The second-order valence-corrected chi connectivity index (χ2v) is 7.06. The van der Waals surface area contributed by atoms with E-state index in [9.17, 15) is 14.3 Å². The Morgan fingerprint density at radius 3 is 2.87 bits per heavy atom. The van der Waals surface area contributed by atoms with E-state index in [0.29, 0.717) is 6.54 Å². The van der Waals surface area contributed by atoms with Crippen LogP contribution >= 0.6 is 11.6 Å². The molecule has 5 nitrogen and oxygen atoms in total. The topological polar surface area (TPSA) is 55.8 Å². The van der Waals surface area contributed by atoms with Gasteiger partial charge in [0.2, 0.25) is 0 Å². The Hall–Kier alpha value is -1.53. The second-order valence-electron chi connectivity index (χ2n) is 6.65. The third-order valence-corrected chi connectivity index (χ3v) is 4.06. The van der Waals surface area contributed by atoms with Crippen molar-refractivity contribution in [3.05, 3.63) is 29.0 Å². The number of hydrogen-bond acceptors (Lipinski definition) is 3. The zero-order chi connectivity index (χ0) is 17.2. The van der Waals surface area contributed by atoms with E-state index < -0.39 is 11.4 Å². The predicted molar refractivity (Wildman–Crippen MR) is 89.5 cm³/mol. The van der Waals surface area contributed by atoms with Crippen LogP contribution in [-0.2, 0) is 0 Å². The zero-order valence-corrected chi connectivity index (χ0v) is 14.4. The molecule has 1 aromatic carbocycles. The summed E-state index contributed by atoms with van der Waals surface area (Å²) in [6.45, 7) is 4.91. The van der Waals surface area contributed by atoms with E-state index in [4.69, 9.17) is 11.6 Å². The molecule has 1 atom stereocenters. The minimum Gasteiger partial charge on any atom is -0.389 e. The Morgan fingerprint density at radius 1 is 1.57 bits per heavy atom. The van der Waals surface area contributed by atoms with Crippen LogP contribution in [0.1, 0.15) is 20.3 Å². The van der Waals surface area contributed by atoms with Crippen molar-refractivity contribution in [2.75, 3.05) is 31.6 Å². The minimum atomic E-state index is -0.936.